The monoisotopic (exact) mass is 332 g/mol. The zero-order valence-electron chi connectivity index (χ0n) is 10.6. The molecular weight excluding hydrogens is 314 g/mol. The third-order valence-corrected chi connectivity index (χ3v) is 3.16. The van der Waals surface area contributed by atoms with Gasteiger partial charge in [-0.1, -0.05) is 35.3 Å². The van der Waals surface area contributed by atoms with Crippen LogP contribution in [0.25, 0.3) is 0 Å². The number of rotatable bonds is 6. The van der Waals surface area contributed by atoms with Crippen molar-refractivity contribution in [2.24, 2.45) is 0 Å². The zero-order valence-corrected chi connectivity index (χ0v) is 13.7. The summed E-state index contributed by atoms with van der Waals surface area (Å²) in [7, 11) is 4.15. The third-order valence-electron chi connectivity index (χ3n) is 2.31. The first-order chi connectivity index (χ1) is 7.61. The van der Waals surface area contributed by atoms with E-state index in [-0.39, 0.29) is 24.8 Å². The maximum absolute atomic E-state index is 6.08. The van der Waals surface area contributed by atoms with Crippen LogP contribution in [0.2, 0.25) is 10.0 Å². The van der Waals surface area contributed by atoms with E-state index in [9.17, 15) is 0 Å². The van der Waals surface area contributed by atoms with E-state index in [1.807, 2.05) is 12.1 Å². The molecule has 0 aliphatic rings. The molecule has 0 aliphatic carbocycles. The summed E-state index contributed by atoms with van der Waals surface area (Å²) >= 11 is 12.0. The van der Waals surface area contributed by atoms with E-state index in [2.05, 4.69) is 24.3 Å². The highest BCUT2D eigenvalue weighted by Crippen LogP contribution is 2.25. The Morgan fingerprint density at radius 2 is 1.83 bits per heavy atom. The molecule has 6 heteroatoms. The van der Waals surface area contributed by atoms with Crippen LogP contribution >= 0.6 is 48.0 Å². The van der Waals surface area contributed by atoms with Crippen molar-refractivity contribution < 1.29 is 0 Å². The molecule has 0 amide bonds. The third kappa shape index (κ3) is 7.67. The highest BCUT2D eigenvalue weighted by atomic mass is 35.5. The smallest absolute Gasteiger partial charge is 0.0637 e. The van der Waals surface area contributed by atoms with E-state index in [0.717, 1.165) is 31.6 Å². The van der Waals surface area contributed by atoms with Crippen LogP contribution in [0.4, 0.5) is 0 Å². The molecule has 1 aromatic rings. The van der Waals surface area contributed by atoms with Gasteiger partial charge in [0.15, 0.2) is 0 Å². The first-order valence-electron chi connectivity index (χ1n) is 5.39. The Morgan fingerprint density at radius 1 is 1.17 bits per heavy atom. The van der Waals surface area contributed by atoms with E-state index in [0.29, 0.717) is 10.0 Å². The second-order valence-electron chi connectivity index (χ2n) is 4.05. The van der Waals surface area contributed by atoms with Gasteiger partial charge >= 0.3 is 0 Å². The summed E-state index contributed by atoms with van der Waals surface area (Å²) in [6.45, 7) is 2.85. The van der Waals surface area contributed by atoms with Crippen molar-refractivity contribution in [3.8, 4) is 0 Å². The van der Waals surface area contributed by atoms with Gasteiger partial charge in [-0.15, -0.1) is 24.8 Å². The van der Waals surface area contributed by atoms with Crippen molar-refractivity contribution >= 4 is 48.0 Å². The van der Waals surface area contributed by atoms with E-state index in [1.54, 1.807) is 6.07 Å². The Bertz CT molecular complexity index is 332. The predicted octanol–water partition coefficient (Wildman–Crippen LogP) is 3.88. The van der Waals surface area contributed by atoms with E-state index >= 15 is 0 Å². The molecule has 0 aliphatic heterocycles. The van der Waals surface area contributed by atoms with Gasteiger partial charge in [0.05, 0.1) is 10.0 Å². The minimum absolute atomic E-state index is 0. The summed E-state index contributed by atoms with van der Waals surface area (Å²) < 4.78 is 0. The van der Waals surface area contributed by atoms with Crippen molar-refractivity contribution in [3.05, 3.63) is 33.8 Å². The number of halogens is 4. The van der Waals surface area contributed by atoms with Gasteiger partial charge in [-0.2, -0.15) is 0 Å². The summed E-state index contributed by atoms with van der Waals surface area (Å²) in [5.41, 5.74) is 1.05. The van der Waals surface area contributed by atoms with E-state index in [1.165, 1.54) is 0 Å². The van der Waals surface area contributed by atoms with Gasteiger partial charge in [0.2, 0.25) is 0 Å². The quantitative estimate of drug-likeness (QED) is 0.795. The van der Waals surface area contributed by atoms with Crippen molar-refractivity contribution in [3.63, 3.8) is 0 Å². The SMILES string of the molecule is CN(C)CCCNCc1cccc(Cl)c1Cl.Cl.Cl. The Balaban J connectivity index is 0. The average Bonchev–Trinajstić information content (AvgIpc) is 2.23. The Hall–Kier alpha value is 0.300. The summed E-state index contributed by atoms with van der Waals surface area (Å²) in [4.78, 5) is 2.17. The van der Waals surface area contributed by atoms with Crippen LogP contribution in [0.15, 0.2) is 18.2 Å². The molecule has 0 atom stereocenters. The summed E-state index contributed by atoms with van der Waals surface area (Å²) in [6, 6.07) is 5.72. The van der Waals surface area contributed by atoms with Crippen molar-refractivity contribution in [1.29, 1.82) is 0 Å². The molecule has 18 heavy (non-hydrogen) atoms. The van der Waals surface area contributed by atoms with E-state index < -0.39 is 0 Å². The van der Waals surface area contributed by atoms with Crippen molar-refractivity contribution in [2.45, 2.75) is 13.0 Å². The Kier molecular flexibility index (Phi) is 12.8. The van der Waals surface area contributed by atoms with Crippen LogP contribution in [0.1, 0.15) is 12.0 Å². The molecule has 106 valence electrons. The first-order valence-corrected chi connectivity index (χ1v) is 6.15. The topological polar surface area (TPSA) is 15.3 Å². The van der Waals surface area contributed by atoms with Crippen LogP contribution < -0.4 is 5.32 Å². The van der Waals surface area contributed by atoms with Crippen LogP contribution in [-0.2, 0) is 6.54 Å². The largest absolute Gasteiger partial charge is 0.313 e. The van der Waals surface area contributed by atoms with Gasteiger partial charge in [0, 0.05) is 6.54 Å². The molecule has 1 aromatic carbocycles. The normalized spacial score (nSPS) is 9.83. The number of hydrogen-bond acceptors (Lipinski definition) is 2. The fourth-order valence-electron chi connectivity index (χ4n) is 1.43. The molecule has 0 bridgehead atoms. The number of benzene rings is 1. The van der Waals surface area contributed by atoms with Gasteiger partial charge in [-0.05, 0) is 45.2 Å². The molecule has 0 fully saturated rings. The lowest BCUT2D eigenvalue weighted by atomic mass is 10.2. The number of nitrogens with one attached hydrogen (secondary N) is 1. The Labute approximate surface area is 132 Å². The van der Waals surface area contributed by atoms with E-state index in [4.69, 9.17) is 23.2 Å². The van der Waals surface area contributed by atoms with Gasteiger partial charge in [0.1, 0.15) is 0 Å². The highest BCUT2D eigenvalue weighted by Gasteiger charge is 2.03. The molecular formula is C12H20Cl4N2. The standard InChI is InChI=1S/C12H18Cl2N2.2ClH/c1-16(2)8-4-7-15-9-10-5-3-6-11(13)12(10)14;;/h3,5-6,15H,4,7-9H2,1-2H3;2*1H. The second kappa shape index (κ2) is 11.2. The van der Waals surface area contributed by atoms with Crippen LogP contribution in [0.5, 0.6) is 0 Å². The maximum Gasteiger partial charge on any atom is 0.0637 e. The summed E-state index contributed by atoms with van der Waals surface area (Å²) in [5.74, 6) is 0. The fraction of sp³-hybridized carbons (Fsp3) is 0.500. The molecule has 0 radical (unpaired) electrons. The molecule has 0 unspecified atom stereocenters. The molecule has 0 saturated carbocycles. The first kappa shape index (κ1) is 20.6. The number of hydrogen-bond donors (Lipinski definition) is 1. The van der Waals surface area contributed by atoms with Gasteiger partial charge < -0.3 is 10.2 Å². The molecule has 2 nitrogen and oxygen atoms in total. The molecule has 0 heterocycles. The van der Waals surface area contributed by atoms with Crippen LogP contribution in [0, 0.1) is 0 Å². The van der Waals surface area contributed by atoms with Crippen molar-refractivity contribution in [1.82, 2.24) is 10.2 Å². The molecule has 1 rings (SSSR count). The lowest BCUT2D eigenvalue weighted by Gasteiger charge is -2.10. The predicted molar refractivity (Wildman–Crippen MR) is 85.8 cm³/mol. The lowest BCUT2D eigenvalue weighted by molar-refractivity contribution is 0.394. The molecule has 0 spiro atoms. The zero-order chi connectivity index (χ0) is 12.0. The second-order valence-corrected chi connectivity index (χ2v) is 4.83. The summed E-state index contributed by atoms with van der Waals surface area (Å²) in [6.07, 6.45) is 1.13. The van der Waals surface area contributed by atoms with Crippen LogP contribution in [0.3, 0.4) is 0 Å². The Morgan fingerprint density at radius 3 is 2.44 bits per heavy atom. The van der Waals surface area contributed by atoms with Crippen LogP contribution in [-0.4, -0.2) is 32.1 Å². The molecule has 0 saturated heterocycles. The average molecular weight is 334 g/mol. The fourth-order valence-corrected chi connectivity index (χ4v) is 1.82. The van der Waals surface area contributed by atoms with Gasteiger partial charge in [-0.25, -0.2) is 0 Å². The highest BCUT2D eigenvalue weighted by molar-refractivity contribution is 6.42. The molecule has 0 aromatic heterocycles. The van der Waals surface area contributed by atoms with Gasteiger partial charge in [-0.3, -0.25) is 0 Å². The molecule has 1 N–H and O–H groups in total. The minimum Gasteiger partial charge on any atom is -0.313 e. The van der Waals surface area contributed by atoms with Crippen molar-refractivity contribution in [2.75, 3.05) is 27.2 Å². The van der Waals surface area contributed by atoms with Gasteiger partial charge in [0.25, 0.3) is 0 Å². The lowest BCUT2D eigenvalue weighted by Crippen LogP contribution is -2.21. The minimum atomic E-state index is 0. The summed E-state index contributed by atoms with van der Waals surface area (Å²) in [5, 5.41) is 4.63. The number of nitrogens with zero attached hydrogens (tertiary/aromatic N) is 1. The maximum atomic E-state index is 6.08.